The minimum Gasteiger partial charge on any atom is -0.465 e. The first-order chi connectivity index (χ1) is 9.56. The van der Waals surface area contributed by atoms with Gasteiger partial charge < -0.3 is 4.74 Å². The fraction of sp³-hybridized carbons (Fsp3) is 0.0769. The number of hydrogen-bond acceptors (Lipinski definition) is 4. The molecule has 0 atom stereocenters. The van der Waals surface area contributed by atoms with Crippen LogP contribution >= 0.6 is 11.3 Å². The van der Waals surface area contributed by atoms with Gasteiger partial charge in [0.2, 0.25) is 0 Å². The summed E-state index contributed by atoms with van der Waals surface area (Å²) < 4.78 is 32.6. The smallest absolute Gasteiger partial charge is 0.349 e. The average Bonchev–Trinajstić information content (AvgIpc) is 2.94. The number of hydrogen-bond donors (Lipinski definition) is 0. The maximum atomic E-state index is 13.2. The molecule has 3 aromatic rings. The Hall–Kier alpha value is -2.28. The Kier molecular flexibility index (Phi) is 2.98. The third kappa shape index (κ3) is 2.16. The summed E-state index contributed by atoms with van der Waals surface area (Å²) in [5, 5.41) is 0. The number of methoxy groups -OCH3 is 1. The molecule has 2 heterocycles. The first kappa shape index (κ1) is 12.7. The normalized spacial score (nSPS) is 10.9. The van der Waals surface area contributed by atoms with Crippen molar-refractivity contribution in [3.05, 3.63) is 47.1 Å². The third-order valence-electron chi connectivity index (χ3n) is 2.70. The Labute approximate surface area is 116 Å². The highest BCUT2D eigenvalue weighted by atomic mass is 32.1. The number of esters is 1. The summed E-state index contributed by atoms with van der Waals surface area (Å²) in [5.41, 5.74) is 0.782. The average molecular weight is 294 g/mol. The monoisotopic (exact) mass is 294 g/mol. The highest BCUT2D eigenvalue weighted by Gasteiger charge is 2.14. The van der Waals surface area contributed by atoms with E-state index in [-0.39, 0.29) is 0 Å². The lowest BCUT2D eigenvalue weighted by Gasteiger charge is -1.97. The zero-order valence-corrected chi connectivity index (χ0v) is 11.1. The minimum atomic E-state index is -0.661. The van der Waals surface area contributed by atoms with Crippen molar-refractivity contribution in [3.8, 4) is 11.3 Å². The van der Waals surface area contributed by atoms with Gasteiger partial charge in [0.05, 0.1) is 12.8 Å². The number of imidazole rings is 1. The van der Waals surface area contributed by atoms with Gasteiger partial charge in [-0.05, 0) is 12.1 Å². The molecule has 102 valence electrons. The van der Waals surface area contributed by atoms with E-state index in [0.717, 1.165) is 17.4 Å². The highest BCUT2D eigenvalue weighted by Crippen LogP contribution is 2.25. The van der Waals surface area contributed by atoms with E-state index in [2.05, 4.69) is 9.72 Å². The van der Waals surface area contributed by atoms with Gasteiger partial charge in [-0.25, -0.2) is 18.6 Å². The molecule has 0 aliphatic carbocycles. The molecule has 0 saturated heterocycles. The summed E-state index contributed by atoms with van der Waals surface area (Å²) in [6, 6.07) is 3.21. The van der Waals surface area contributed by atoms with Crippen LogP contribution in [0, 0.1) is 11.6 Å². The minimum absolute atomic E-state index is 0.345. The van der Waals surface area contributed by atoms with Crippen molar-refractivity contribution in [1.29, 1.82) is 0 Å². The molecule has 0 radical (unpaired) electrons. The van der Waals surface area contributed by atoms with Gasteiger partial charge in [-0.15, -0.1) is 0 Å². The van der Waals surface area contributed by atoms with Crippen LogP contribution in [0.25, 0.3) is 16.2 Å². The summed E-state index contributed by atoms with van der Waals surface area (Å²) >= 11 is 1.14. The number of nitrogens with zero attached hydrogens (tertiary/aromatic N) is 2. The van der Waals surface area contributed by atoms with Crippen LogP contribution in [0.3, 0.4) is 0 Å². The fourth-order valence-electron chi connectivity index (χ4n) is 1.83. The molecule has 0 aliphatic heterocycles. The molecule has 7 heteroatoms. The van der Waals surface area contributed by atoms with E-state index in [4.69, 9.17) is 0 Å². The fourth-order valence-corrected chi connectivity index (χ4v) is 2.72. The SMILES string of the molecule is COC(=O)c1cn2cc(-c3cc(F)cc(F)c3)nc2s1. The summed E-state index contributed by atoms with van der Waals surface area (Å²) in [5.74, 6) is -1.77. The molecule has 0 saturated carbocycles. The lowest BCUT2D eigenvalue weighted by Crippen LogP contribution is -1.97. The molecule has 0 fully saturated rings. The Morgan fingerprint density at radius 3 is 2.55 bits per heavy atom. The van der Waals surface area contributed by atoms with Gasteiger partial charge in [0, 0.05) is 24.0 Å². The summed E-state index contributed by atoms with van der Waals surface area (Å²) in [4.78, 5) is 16.6. The van der Waals surface area contributed by atoms with Crippen molar-refractivity contribution in [2.24, 2.45) is 0 Å². The van der Waals surface area contributed by atoms with E-state index in [1.165, 1.54) is 19.2 Å². The van der Waals surface area contributed by atoms with E-state index in [9.17, 15) is 13.6 Å². The zero-order chi connectivity index (χ0) is 14.3. The van der Waals surface area contributed by atoms with E-state index in [0.29, 0.717) is 21.1 Å². The predicted molar refractivity (Wildman–Crippen MR) is 69.8 cm³/mol. The Morgan fingerprint density at radius 2 is 1.95 bits per heavy atom. The van der Waals surface area contributed by atoms with Crippen LogP contribution in [0.1, 0.15) is 9.67 Å². The highest BCUT2D eigenvalue weighted by molar-refractivity contribution is 7.18. The molecule has 2 aromatic heterocycles. The first-order valence-electron chi connectivity index (χ1n) is 5.60. The molecular formula is C13H8F2N2O2S. The zero-order valence-electron chi connectivity index (χ0n) is 10.3. The van der Waals surface area contributed by atoms with Crippen LogP contribution in [0.15, 0.2) is 30.6 Å². The number of carbonyl (C=O) groups is 1. The second kappa shape index (κ2) is 4.68. The number of benzene rings is 1. The van der Waals surface area contributed by atoms with Gasteiger partial charge in [0.15, 0.2) is 4.96 Å². The molecule has 4 nitrogen and oxygen atoms in total. The number of ether oxygens (including phenoxy) is 1. The topological polar surface area (TPSA) is 43.6 Å². The molecule has 0 aliphatic rings. The van der Waals surface area contributed by atoms with Gasteiger partial charge in [-0.1, -0.05) is 11.3 Å². The van der Waals surface area contributed by atoms with Crippen molar-refractivity contribution in [2.45, 2.75) is 0 Å². The number of thiazole rings is 1. The third-order valence-corrected chi connectivity index (χ3v) is 3.68. The van der Waals surface area contributed by atoms with Gasteiger partial charge >= 0.3 is 5.97 Å². The van der Waals surface area contributed by atoms with Crippen LogP contribution in [0.5, 0.6) is 0 Å². The van der Waals surface area contributed by atoms with Gasteiger partial charge in [0.1, 0.15) is 16.5 Å². The van der Waals surface area contributed by atoms with Gasteiger partial charge in [0.25, 0.3) is 0 Å². The van der Waals surface area contributed by atoms with Crippen molar-refractivity contribution in [2.75, 3.05) is 7.11 Å². The maximum Gasteiger partial charge on any atom is 0.349 e. The number of carbonyl (C=O) groups excluding carboxylic acids is 1. The molecule has 3 rings (SSSR count). The molecular weight excluding hydrogens is 286 g/mol. The Bertz CT molecular complexity index is 758. The van der Waals surface area contributed by atoms with Crippen LogP contribution in [0.2, 0.25) is 0 Å². The lowest BCUT2D eigenvalue weighted by atomic mass is 10.1. The van der Waals surface area contributed by atoms with Crippen molar-refractivity contribution in [3.63, 3.8) is 0 Å². The lowest BCUT2D eigenvalue weighted by molar-refractivity contribution is 0.0606. The number of aromatic nitrogens is 2. The molecule has 20 heavy (non-hydrogen) atoms. The number of fused-ring (bicyclic) bond motifs is 1. The summed E-state index contributed by atoms with van der Waals surface area (Å²) in [6.07, 6.45) is 3.17. The van der Waals surface area contributed by atoms with Crippen molar-refractivity contribution >= 4 is 22.3 Å². The molecule has 0 N–H and O–H groups in total. The van der Waals surface area contributed by atoms with E-state index >= 15 is 0 Å². The Morgan fingerprint density at radius 1 is 1.25 bits per heavy atom. The standard InChI is InChI=1S/C13H8F2N2O2S/c1-19-12(18)11-6-17-5-10(16-13(17)20-11)7-2-8(14)4-9(15)3-7/h2-6H,1H3. The van der Waals surface area contributed by atoms with E-state index < -0.39 is 17.6 Å². The largest absolute Gasteiger partial charge is 0.465 e. The first-order valence-corrected chi connectivity index (χ1v) is 6.42. The van der Waals surface area contributed by atoms with Crippen molar-refractivity contribution < 1.29 is 18.3 Å². The maximum absolute atomic E-state index is 13.2. The summed E-state index contributed by atoms with van der Waals surface area (Å²) in [6.45, 7) is 0. The second-order valence-corrected chi connectivity index (χ2v) is 5.07. The number of rotatable bonds is 2. The number of halogens is 2. The molecule has 0 bridgehead atoms. The predicted octanol–water partition coefficient (Wildman–Crippen LogP) is 3.13. The van der Waals surface area contributed by atoms with Gasteiger partial charge in [-0.3, -0.25) is 4.40 Å². The van der Waals surface area contributed by atoms with Gasteiger partial charge in [-0.2, -0.15) is 0 Å². The molecule has 0 unspecified atom stereocenters. The Balaban J connectivity index is 2.05. The summed E-state index contributed by atoms with van der Waals surface area (Å²) in [7, 11) is 1.30. The van der Waals surface area contributed by atoms with Crippen LogP contribution in [-0.2, 0) is 4.74 Å². The molecule has 0 amide bonds. The molecule has 1 aromatic carbocycles. The van der Waals surface area contributed by atoms with Crippen LogP contribution < -0.4 is 0 Å². The van der Waals surface area contributed by atoms with E-state index in [1.54, 1.807) is 16.8 Å². The van der Waals surface area contributed by atoms with Crippen LogP contribution in [0.4, 0.5) is 8.78 Å². The van der Waals surface area contributed by atoms with E-state index in [1.807, 2.05) is 0 Å². The second-order valence-electron chi connectivity index (χ2n) is 4.06. The van der Waals surface area contributed by atoms with Crippen molar-refractivity contribution in [1.82, 2.24) is 9.38 Å². The quantitative estimate of drug-likeness (QED) is 0.682. The van der Waals surface area contributed by atoms with Crippen LogP contribution in [-0.4, -0.2) is 22.5 Å². The molecule has 0 spiro atoms.